The fourth-order valence-corrected chi connectivity index (χ4v) is 13.0. The minimum absolute atomic E-state index is 0.0292. The van der Waals surface area contributed by atoms with Crippen molar-refractivity contribution in [2.45, 2.75) is 173 Å². The fourth-order valence-electron chi connectivity index (χ4n) is 13.0. The number of rotatable bonds is 26. The number of Topliss-reactive ketones (excluding diaryl/α,β-unsaturated/α-hetero) is 1. The predicted molar refractivity (Wildman–Crippen MR) is 282 cm³/mol. The summed E-state index contributed by atoms with van der Waals surface area (Å²) in [5.41, 5.74) is 4.52. The summed E-state index contributed by atoms with van der Waals surface area (Å²) < 4.78 is 24.1. The number of primary amides is 1. The van der Waals surface area contributed by atoms with Crippen molar-refractivity contribution < 1.29 is 72.3 Å². The lowest BCUT2D eigenvalue weighted by atomic mass is 9.46. The van der Waals surface area contributed by atoms with Crippen molar-refractivity contribution in [1.29, 1.82) is 0 Å². The molecule has 6 aliphatic rings. The first-order chi connectivity index (χ1) is 37.1. The smallest absolute Gasteiger partial charge is 0.312 e. The number of unbranched alkanes of at least 4 members (excludes halogenated alkanes) is 2. The van der Waals surface area contributed by atoms with Crippen LogP contribution in [0.15, 0.2) is 60.2 Å². The summed E-state index contributed by atoms with van der Waals surface area (Å²) in [5.74, 6) is -4.64. The molecule has 2 unspecified atom stereocenters. The average molecular weight is 1090 g/mol. The van der Waals surface area contributed by atoms with Crippen molar-refractivity contribution in [3.8, 4) is 0 Å². The van der Waals surface area contributed by atoms with E-state index in [9.17, 15) is 53.4 Å². The number of carbonyl (C=O) groups is 9. The number of ketones is 1. The molecule has 3 saturated carbocycles. The van der Waals surface area contributed by atoms with E-state index < -0.39 is 95.3 Å². The molecule has 1 saturated heterocycles. The van der Waals surface area contributed by atoms with Gasteiger partial charge in [-0.1, -0.05) is 83.4 Å². The predicted octanol–water partition coefficient (Wildman–Crippen LogP) is 4.08. The van der Waals surface area contributed by atoms with Crippen LogP contribution in [0.1, 0.15) is 130 Å². The third-order valence-corrected chi connectivity index (χ3v) is 16.9. The molecule has 8 N–H and O–H groups in total. The van der Waals surface area contributed by atoms with Gasteiger partial charge in [0.2, 0.25) is 23.5 Å². The Kier molecular flexibility index (Phi) is 19.5. The minimum Gasteiger partial charge on any atom is -0.461 e. The van der Waals surface area contributed by atoms with Gasteiger partial charge in [0, 0.05) is 54.1 Å². The summed E-state index contributed by atoms with van der Waals surface area (Å²) in [6, 6.07) is 3.57. The number of carbonyl (C=O) groups excluding carboxylic acids is 9. The largest absolute Gasteiger partial charge is 0.461 e. The summed E-state index contributed by atoms with van der Waals surface area (Å²) in [7, 11) is 0. The SMILES string of the molecule is CCCC1O[C@@H]2C[C@H]3[C@@H]4CCC5=CC(O)C=C[C@]5(C)[C@H]4[C@@H](O)C[C@]3(C)[C@]2(C(=O)COC(=O)CCC(=O)OCc2ccc(NC(=O)[C@H](CCCNC(N)=O)NC(=O)[C@@H](NC(=O)CCCCCN3C(=O)C=CC3=O)C(C)C)cc2)O1. The molecule has 1 aromatic carbocycles. The van der Waals surface area contributed by atoms with Gasteiger partial charge in [-0.2, -0.15) is 0 Å². The van der Waals surface area contributed by atoms with Crippen molar-refractivity contribution >= 4 is 59.0 Å². The normalized spacial score (nSPS) is 29.3. The number of amides is 7. The molecule has 0 radical (unpaired) electrons. The molecule has 21 heteroatoms. The number of imide groups is 1. The first kappa shape index (κ1) is 59.4. The van der Waals surface area contributed by atoms with Gasteiger partial charge in [0.15, 0.2) is 18.5 Å². The number of nitrogens with two attached hydrogens (primary N) is 1. The third kappa shape index (κ3) is 13.2. The summed E-state index contributed by atoms with van der Waals surface area (Å²) in [5, 5.41) is 33.1. The van der Waals surface area contributed by atoms with Crippen LogP contribution in [-0.4, -0.2) is 130 Å². The lowest BCUT2D eigenvalue weighted by Gasteiger charge is -2.60. The molecule has 78 heavy (non-hydrogen) atoms. The van der Waals surface area contributed by atoms with Crippen LogP contribution < -0.4 is 27.0 Å². The molecule has 2 aliphatic heterocycles. The Morgan fingerprint density at radius 3 is 2.28 bits per heavy atom. The number of nitrogens with one attached hydrogen (secondary N) is 4. The first-order valence-corrected chi connectivity index (χ1v) is 27.6. The number of fused-ring (bicyclic) bond motifs is 7. The second kappa shape index (κ2) is 25.7. The topological polar surface area (TPSA) is 308 Å². The Morgan fingerprint density at radius 1 is 0.897 bits per heavy atom. The standard InChI is InChI=1S/C57H78N6O15/c1-6-11-49-77-43-29-39-38-19-16-35-28-37(64)24-25-55(35,4)50(38)41(65)30-56(39,5)57(43,78-49)42(66)32-76-48(71)23-22-47(70)75-31-34-14-17-36(18-15-34)60-52(72)40(12-10-26-59-54(58)74)61-53(73)51(33(2)3)62-44(67)13-8-7-9-27-63-45(68)20-21-46(63)69/h14-15,17-18,20-21,24-25,28,33,37-41,43,49-51,64-65H,6-13,16,19,22-23,26-27,29-32H2,1-5H3,(H,60,72)(H,61,73)(H,62,67)(H3,58,59,74)/t37?,38-,39-,40-,41-,43+,49?,50+,51-,55-,56-,57+/m0/s1. The van der Waals surface area contributed by atoms with E-state index in [1.165, 1.54) is 12.2 Å². The molecule has 1 aromatic rings. The van der Waals surface area contributed by atoms with Crippen molar-refractivity contribution in [3.63, 3.8) is 0 Å². The molecular weight excluding hydrogens is 1010 g/mol. The highest BCUT2D eigenvalue weighted by Gasteiger charge is 2.76. The summed E-state index contributed by atoms with van der Waals surface area (Å²) in [6.07, 6.45) is 10.5. The maximum atomic E-state index is 14.6. The summed E-state index contributed by atoms with van der Waals surface area (Å²) in [6.45, 7) is 9.25. The van der Waals surface area contributed by atoms with Crippen LogP contribution >= 0.6 is 0 Å². The van der Waals surface area contributed by atoms with E-state index in [2.05, 4.69) is 28.2 Å². The second-order valence-corrected chi connectivity index (χ2v) is 22.5. The van der Waals surface area contributed by atoms with Crippen molar-refractivity contribution in [1.82, 2.24) is 20.9 Å². The molecule has 426 valence electrons. The maximum absolute atomic E-state index is 14.6. The molecule has 7 rings (SSSR count). The van der Waals surface area contributed by atoms with E-state index in [1.54, 1.807) is 44.2 Å². The van der Waals surface area contributed by atoms with Gasteiger partial charge in [-0.3, -0.25) is 43.3 Å². The third-order valence-electron chi connectivity index (χ3n) is 16.9. The van der Waals surface area contributed by atoms with Crippen molar-refractivity contribution in [2.75, 3.05) is 25.0 Å². The van der Waals surface area contributed by atoms with E-state index in [0.717, 1.165) is 29.7 Å². The Balaban J connectivity index is 0.870. The van der Waals surface area contributed by atoms with Gasteiger partial charge in [-0.05, 0) is 93.2 Å². The molecular formula is C57H78N6O15. The van der Waals surface area contributed by atoms with Gasteiger partial charge < -0.3 is 56.2 Å². The molecule has 0 aromatic heterocycles. The maximum Gasteiger partial charge on any atom is 0.312 e. The fraction of sp³-hybridized carbons (Fsp3) is 0.632. The number of anilines is 1. The van der Waals surface area contributed by atoms with Gasteiger partial charge >= 0.3 is 18.0 Å². The molecule has 2 heterocycles. The Labute approximate surface area is 455 Å². The Hall–Kier alpha value is -6.29. The lowest BCUT2D eigenvalue weighted by molar-refractivity contribution is -0.201. The van der Waals surface area contributed by atoms with Gasteiger partial charge in [-0.15, -0.1) is 0 Å². The number of aliphatic hydroxyl groups excluding tert-OH is 2. The zero-order chi connectivity index (χ0) is 56.5. The van der Waals surface area contributed by atoms with Crippen LogP contribution in [0.2, 0.25) is 0 Å². The number of hydrogen-bond acceptors (Lipinski definition) is 15. The molecule has 7 amide bonds. The number of nitrogens with zero attached hydrogens (tertiary/aromatic N) is 1. The zero-order valence-corrected chi connectivity index (χ0v) is 45.4. The zero-order valence-electron chi connectivity index (χ0n) is 45.4. The second-order valence-electron chi connectivity index (χ2n) is 22.5. The van der Waals surface area contributed by atoms with E-state index >= 15 is 0 Å². The number of benzene rings is 1. The molecule has 12 atom stereocenters. The Bertz CT molecular complexity index is 2510. The van der Waals surface area contributed by atoms with Gasteiger partial charge in [-0.25, -0.2) is 4.79 Å². The van der Waals surface area contributed by atoms with E-state index in [0.29, 0.717) is 43.4 Å². The molecule has 0 spiro atoms. The van der Waals surface area contributed by atoms with Crippen LogP contribution in [0.5, 0.6) is 0 Å². The first-order valence-electron chi connectivity index (χ1n) is 27.6. The van der Waals surface area contributed by atoms with Crippen molar-refractivity contribution in [2.24, 2.45) is 40.2 Å². The molecule has 0 bridgehead atoms. The van der Waals surface area contributed by atoms with Crippen LogP contribution in [0.3, 0.4) is 0 Å². The molecule has 4 fully saturated rings. The summed E-state index contributed by atoms with van der Waals surface area (Å²) >= 11 is 0. The van der Waals surface area contributed by atoms with Crippen LogP contribution in [0.25, 0.3) is 0 Å². The number of esters is 2. The van der Waals surface area contributed by atoms with E-state index in [4.69, 9.17) is 24.7 Å². The Morgan fingerprint density at radius 2 is 1.60 bits per heavy atom. The number of aliphatic hydroxyl groups is 2. The van der Waals surface area contributed by atoms with E-state index in [-0.39, 0.29) is 99.6 Å². The highest BCUT2D eigenvalue weighted by molar-refractivity contribution is 6.12. The highest BCUT2D eigenvalue weighted by Crippen LogP contribution is 2.70. The number of allylic oxidation sites excluding steroid dienone is 2. The van der Waals surface area contributed by atoms with Crippen LogP contribution in [0.4, 0.5) is 10.5 Å². The number of ether oxygens (including phenoxy) is 4. The van der Waals surface area contributed by atoms with Crippen LogP contribution in [0, 0.1) is 34.5 Å². The average Bonchev–Trinajstić information content (AvgIpc) is 4.10. The van der Waals surface area contributed by atoms with Gasteiger partial charge in [0.05, 0.1) is 31.2 Å². The van der Waals surface area contributed by atoms with Gasteiger partial charge in [0.1, 0.15) is 18.7 Å². The van der Waals surface area contributed by atoms with E-state index in [1.807, 2.05) is 26.0 Å². The van der Waals surface area contributed by atoms with Crippen LogP contribution in [-0.2, 0) is 63.9 Å². The lowest BCUT2D eigenvalue weighted by Crippen LogP contribution is -2.63. The quantitative estimate of drug-likeness (QED) is 0.0298. The number of hydrogen-bond donors (Lipinski definition) is 7. The minimum atomic E-state index is -1.46. The highest BCUT2D eigenvalue weighted by atomic mass is 16.7. The summed E-state index contributed by atoms with van der Waals surface area (Å²) in [4.78, 5) is 117. The molecule has 4 aliphatic carbocycles. The molecule has 21 nitrogen and oxygen atoms in total. The number of urea groups is 1. The van der Waals surface area contributed by atoms with Gasteiger partial charge in [0.25, 0.3) is 11.8 Å². The monoisotopic (exact) mass is 1090 g/mol. The van der Waals surface area contributed by atoms with Crippen molar-refractivity contribution in [3.05, 3.63) is 65.8 Å².